The SMILES string of the molecule is COc1ccc(-c2nc3sc(-c4ccccc4)cn3c2CO)c(OC)c1. The summed E-state index contributed by atoms with van der Waals surface area (Å²) >= 11 is 1.59. The predicted octanol–water partition coefficient (Wildman–Crippen LogP) is 4.24. The van der Waals surface area contributed by atoms with Crippen molar-refractivity contribution >= 4 is 16.3 Å². The Labute approximate surface area is 155 Å². The van der Waals surface area contributed by atoms with Gasteiger partial charge in [0.2, 0.25) is 0 Å². The lowest BCUT2D eigenvalue weighted by Crippen LogP contribution is -1.95. The molecule has 0 unspecified atom stereocenters. The van der Waals surface area contributed by atoms with E-state index in [0.717, 1.165) is 32.4 Å². The Hall–Kier alpha value is -2.83. The second-order valence-corrected chi connectivity index (χ2v) is 6.75. The van der Waals surface area contributed by atoms with E-state index in [4.69, 9.17) is 14.5 Å². The van der Waals surface area contributed by atoms with E-state index in [2.05, 4.69) is 12.1 Å². The highest BCUT2D eigenvalue weighted by atomic mass is 32.1. The van der Waals surface area contributed by atoms with Crippen LogP contribution in [0.1, 0.15) is 5.69 Å². The summed E-state index contributed by atoms with van der Waals surface area (Å²) in [5.74, 6) is 1.37. The molecule has 5 nitrogen and oxygen atoms in total. The van der Waals surface area contributed by atoms with Crippen LogP contribution in [-0.4, -0.2) is 28.7 Å². The average molecular weight is 366 g/mol. The molecule has 4 aromatic rings. The standard InChI is InChI=1S/C20H18N2O3S/c1-24-14-8-9-15(17(10-14)25-2)19-16(12-23)22-11-18(26-20(22)21-19)13-6-4-3-5-7-13/h3-11,23H,12H2,1-2H3. The minimum absolute atomic E-state index is 0.114. The molecule has 0 saturated carbocycles. The molecule has 132 valence electrons. The molecule has 0 aliphatic heterocycles. The Morgan fingerprint density at radius 1 is 1.08 bits per heavy atom. The van der Waals surface area contributed by atoms with Gasteiger partial charge < -0.3 is 14.6 Å². The van der Waals surface area contributed by atoms with Gasteiger partial charge in [-0.05, 0) is 17.7 Å². The highest BCUT2D eigenvalue weighted by Crippen LogP contribution is 2.38. The number of thiazole rings is 1. The van der Waals surface area contributed by atoms with Crippen molar-refractivity contribution in [2.45, 2.75) is 6.61 Å². The molecule has 6 heteroatoms. The van der Waals surface area contributed by atoms with E-state index < -0.39 is 0 Å². The Kier molecular flexibility index (Phi) is 4.36. The minimum atomic E-state index is -0.114. The number of hydrogen-bond acceptors (Lipinski definition) is 5. The maximum absolute atomic E-state index is 9.99. The maximum Gasteiger partial charge on any atom is 0.195 e. The Morgan fingerprint density at radius 3 is 2.58 bits per heavy atom. The smallest absolute Gasteiger partial charge is 0.195 e. The third-order valence-corrected chi connectivity index (χ3v) is 5.33. The van der Waals surface area contributed by atoms with E-state index in [-0.39, 0.29) is 6.61 Å². The molecule has 2 aromatic heterocycles. The van der Waals surface area contributed by atoms with E-state index in [1.807, 2.05) is 47.0 Å². The molecule has 2 heterocycles. The minimum Gasteiger partial charge on any atom is -0.497 e. The number of aliphatic hydroxyl groups is 1. The summed E-state index contributed by atoms with van der Waals surface area (Å²) in [6, 6.07) is 15.7. The summed E-state index contributed by atoms with van der Waals surface area (Å²) < 4.78 is 12.7. The Morgan fingerprint density at radius 2 is 1.88 bits per heavy atom. The van der Waals surface area contributed by atoms with Gasteiger partial charge in [-0.25, -0.2) is 4.98 Å². The topological polar surface area (TPSA) is 56.0 Å². The monoisotopic (exact) mass is 366 g/mol. The Balaban J connectivity index is 1.86. The molecule has 0 saturated heterocycles. The quantitative estimate of drug-likeness (QED) is 0.574. The van der Waals surface area contributed by atoms with E-state index in [9.17, 15) is 5.11 Å². The number of aromatic nitrogens is 2. The van der Waals surface area contributed by atoms with Gasteiger partial charge >= 0.3 is 0 Å². The molecule has 0 atom stereocenters. The molecule has 0 aliphatic rings. The van der Waals surface area contributed by atoms with Crippen molar-refractivity contribution in [3.8, 4) is 33.2 Å². The van der Waals surface area contributed by atoms with Gasteiger partial charge in [0, 0.05) is 17.8 Å². The van der Waals surface area contributed by atoms with Crippen molar-refractivity contribution < 1.29 is 14.6 Å². The van der Waals surface area contributed by atoms with Gasteiger partial charge in [0.05, 0.1) is 37.1 Å². The molecule has 0 aliphatic carbocycles. The van der Waals surface area contributed by atoms with Crippen molar-refractivity contribution in [1.29, 1.82) is 0 Å². The lowest BCUT2D eigenvalue weighted by Gasteiger charge is -2.10. The first-order chi connectivity index (χ1) is 12.7. The van der Waals surface area contributed by atoms with Crippen LogP contribution in [0.25, 0.3) is 26.7 Å². The fourth-order valence-corrected chi connectivity index (χ4v) is 3.99. The van der Waals surface area contributed by atoms with Gasteiger partial charge in [-0.2, -0.15) is 0 Å². The summed E-state index contributed by atoms with van der Waals surface area (Å²) in [5, 5.41) is 9.99. The first-order valence-electron chi connectivity index (χ1n) is 8.14. The van der Waals surface area contributed by atoms with Gasteiger partial charge in [0.1, 0.15) is 11.5 Å². The van der Waals surface area contributed by atoms with Crippen LogP contribution in [0.2, 0.25) is 0 Å². The summed E-state index contributed by atoms with van der Waals surface area (Å²) in [6.07, 6.45) is 2.02. The number of nitrogens with zero attached hydrogens (tertiary/aromatic N) is 2. The van der Waals surface area contributed by atoms with Crippen LogP contribution in [-0.2, 0) is 6.61 Å². The largest absolute Gasteiger partial charge is 0.497 e. The summed E-state index contributed by atoms with van der Waals surface area (Å²) in [7, 11) is 3.23. The average Bonchev–Trinajstić information content (AvgIpc) is 3.25. The molecular weight excluding hydrogens is 348 g/mol. The first kappa shape index (κ1) is 16.6. The van der Waals surface area contributed by atoms with Gasteiger partial charge in [0.25, 0.3) is 0 Å². The molecule has 0 fully saturated rings. The van der Waals surface area contributed by atoms with Crippen LogP contribution in [0.4, 0.5) is 0 Å². The van der Waals surface area contributed by atoms with Gasteiger partial charge in [-0.1, -0.05) is 41.7 Å². The lowest BCUT2D eigenvalue weighted by atomic mass is 10.1. The number of aliphatic hydroxyl groups excluding tert-OH is 1. The number of benzene rings is 2. The van der Waals surface area contributed by atoms with Gasteiger partial charge in [0.15, 0.2) is 4.96 Å². The number of imidazole rings is 1. The molecule has 2 aromatic carbocycles. The number of rotatable bonds is 5. The highest BCUT2D eigenvalue weighted by Gasteiger charge is 2.19. The van der Waals surface area contributed by atoms with Crippen LogP contribution in [0.3, 0.4) is 0 Å². The van der Waals surface area contributed by atoms with Crippen molar-refractivity contribution in [1.82, 2.24) is 9.38 Å². The molecule has 0 spiro atoms. The molecular formula is C20H18N2O3S. The summed E-state index contributed by atoms with van der Waals surface area (Å²) in [6.45, 7) is -0.114. The molecule has 0 amide bonds. The van der Waals surface area contributed by atoms with E-state index in [1.165, 1.54) is 0 Å². The summed E-state index contributed by atoms with van der Waals surface area (Å²) in [4.78, 5) is 6.71. The second-order valence-electron chi connectivity index (χ2n) is 5.75. The van der Waals surface area contributed by atoms with Crippen molar-refractivity contribution in [2.24, 2.45) is 0 Å². The molecule has 4 rings (SSSR count). The van der Waals surface area contributed by atoms with Crippen molar-refractivity contribution in [3.63, 3.8) is 0 Å². The maximum atomic E-state index is 9.99. The fraction of sp³-hybridized carbons (Fsp3) is 0.150. The van der Waals surface area contributed by atoms with Crippen LogP contribution in [0.5, 0.6) is 11.5 Å². The lowest BCUT2D eigenvalue weighted by molar-refractivity contribution is 0.276. The van der Waals surface area contributed by atoms with Crippen LogP contribution in [0.15, 0.2) is 54.7 Å². The summed E-state index contributed by atoms with van der Waals surface area (Å²) in [5.41, 5.74) is 3.42. The van der Waals surface area contributed by atoms with Crippen LogP contribution >= 0.6 is 11.3 Å². The normalized spacial score (nSPS) is 11.0. The number of hydrogen-bond donors (Lipinski definition) is 1. The van der Waals surface area contributed by atoms with E-state index >= 15 is 0 Å². The highest BCUT2D eigenvalue weighted by molar-refractivity contribution is 7.20. The molecule has 1 N–H and O–H groups in total. The predicted molar refractivity (Wildman–Crippen MR) is 103 cm³/mol. The number of fused-ring (bicyclic) bond motifs is 1. The molecule has 0 bridgehead atoms. The third kappa shape index (κ3) is 2.73. The zero-order valence-electron chi connectivity index (χ0n) is 14.5. The van der Waals surface area contributed by atoms with Gasteiger partial charge in [-0.15, -0.1) is 0 Å². The van der Waals surface area contributed by atoms with Crippen LogP contribution in [0, 0.1) is 0 Å². The zero-order chi connectivity index (χ0) is 18.1. The fourth-order valence-electron chi connectivity index (χ4n) is 2.99. The molecule has 26 heavy (non-hydrogen) atoms. The van der Waals surface area contributed by atoms with Gasteiger partial charge in [-0.3, -0.25) is 4.40 Å². The van der Waals surface area contributed by atoms with Crippen LogP contribution < -0.4 is 9.47 Å². The van der Waals surface area contributed by atoms with E-state index in [0.29, 0.717) is 11.5 Å². The molecule has 0 radical (unpaired) electrons. The Bertz CT molecular complexity index is 1050. The zero-order valence-corrected chi connectivity index (χ0v) is 15.3. The van der Waals surface area contributed by atoms with Crippen molar-refractivity contribution in [2.75, 3.05) is 14.2 Å². The van der Waals surface area contributed by atoms with Crippen molar-refractivity contribution in [3.05, 3.63) is 60.4 Å². The second kappa shape index (κ2) is 6.82. The number of methoxy groups -OCH3 is 2. The third-order valence-electron chi connectivity index (χ3n) is 4.30. The number of ether oxygens (including phenoxy) is 2. The van der Waals surface area contributed by atoms with E-state index in [1.54, 1.807) is 25.6 Å². The first-order valence-corrected chi connectivity index (χ1v) is 8.96.